The van der Waals surface area contributed by atoms with Crippen LogP contribution in [0, 0.1) is 6.92 Å². The molecule has 1 aromatic carbocycles. The summed E-state index contributed by atoms with van der Waals surface area (Å²) in [4.78, 5) is 18.0. The highest BCUT2D eigenvalue weighted by Crippen LogP contribution is 2.32. The second-order valence-corrected chi connectivity index (χ2v) is 9.41. The summed E-state index contributed by atoms with van der Waals surface area (Å²) in [5, 5.41) is 16.9. The van der Waals surface area contributed by atoms with Crippen molar-refractivity contribution < 1.29 is 4.79 Å². The summed E-state index contributed by atoms with van der Waals surface area (Å²) < 4.78 is 1.86. The third-order valence-corrected chi connectivity index (χ3v) is 7.29. The van der Waals surface area contributed by atoms with E-state index in [1.165, 1.54) is 35.9 Å². The zero-order valence-electron chi connectivity index (χ0n) is 16.0. The molecule has 0 saturated heterocycles. The van der Waals surface area contributed by atoms with Gasteiger partial charge in [-0.15, -0.1) is 16.4 Å². The predicted octanol–water partition coefficient (Wildman–Crippen LogP) is 4.53. The van der Waals surface area contributed by atoms with Gasteiger partial charge in [-0.05, 0) is 41.8 Å². The molecule has 29 heavy (non-hydrogen) atoms. The van der Waals surface area contributed by atoms with Gasteiger partial charge in [-0.3, -0.25) is 4.79 Å². The maximum Gasteiger partial charge on any atom is 0.236 e. The summed E-state index contributed by atoms with van der Waals surface area (Å²) >= 11 is 9.10. The first-order valence-electron chi connectivity index (χ1n) is 9.50. The number of amides is 1. The van der Waals surface area contributed by atoms with Crippen LogP contribution in [0.25, 0.3) is 0 Å². The Morgan fingerprint density at radius 1 is 1.34 bits per heavy atom. The van der Waals surface area contributed by atoms with Crippen LogP contribution in [0.3, 0.4) is 0 Å². The van der Waals surface area contributed by atoms with Gasteiger partial charge in [-0.25, -0.2) is 9.67 Å². The lowest BCUT2D eigenvalue weighted by Gasteiger charge is -2.10. The van der Waals surface area contributed by atoms with Gasteiger partial charge in [0.2, 0.25) is 11.1 Å². The smallest absolute Gasteiger partial charge is 0.236 e. The van der Waals surface area contributed by atoms with Crippen molar-refractivity contribution in [2.45, 2.75) is 50.2 Å². The summed E-state index contributed by atoms with van der Waals surface area (Å²) in [5.41, 5.74) is 1.95. The number of thiazole rings is 1. The van der Waals surface area contributed by atoms with Gasteiger partial charge < -0.3 is 5.32 Å². The first-order valence-corrected chi connectivity index (χ1v) is 11.7. The van der Waals surface area contributed by atoms with Crippen LogP contribution < -0.4 is 5.32 Å². The summed E-state index contributed by atoms with van der Waals surface area (Å²) in [6, 6.07) is 8.12. The second-order valence-electron chi connectivity index (χ2n) is 6.98. The first kappa shape index (κ1) is 20.3. The van der Waals surface area contributed by atoms with E-state index in [4.69, 9.17) is 11.6 Å². The Labute approximate surface area is 182 Å². The summed E-state index contributed by atoms with van der Waals surface area (Å²) in [5.74, 6) is 0.125. The number of tetrazole rings is 1. The van der Waals surface area contributed by atoms with E-state index in [0.717, 1.165) is 34.0 Å². The molecule has 0 spiro atoms. The predicted molar refractivity (Wildman–Crippen MR) is 116 cm³/mol. The summed E-state index contributed by atoms with van der Waals surface area (Å²) in [6.07, 6.45) is 5.29. The molecular weight excluding hydrogens is 428 g/mol. The minimum absolute atomic E-state index is 0.117. The fraction of sp³-hybridized carbons (Fsp3) is 0.421. The Bertz CT molecular complexity index is 998. The largest absolute Gasteiger partial charge is 0.301 e. The van der Waals surface area contributed by atoms with Crippen molar-refractivity contribution in [3.63, 3.8) is 0 Å². The average molecular weight is 449 g/mol. The Morgan fingerprint density at radius 2 is 2.14 bits per heavy atom. The molecule has 1 amide bonds. The molecule has 1 aliphatic rings. The van der Waals surface area contributed by atoms with Crippen molar-refractivity contribution in [2.24, 2.45) is 0 Å². The van der Waals surface area contributed by atoms with E-state index >= 15 is 0 Å². The third kappa shape index (κ3) is 4.96. The van der Waals surface area contributed by atoms with E-state index in [2.05, 4.69) is 25.8 Å². The average Bonchev–Trinajstić information content (AvgIpc) is 3.43. The maximum atomic E-state index is 12.4. The highest BCUT2D eigenvalue weighted by Gasteiger charge is 2.22. The minimum Gasteiger partial charge on any atom is -0.301 e. The Hall–Kier alpha value is -1.97. The van der Waals surface area contributed by atoms with Gasteiger partial charge in [0.1, 0.15) is 0 Å². The molecular formula is C19H21ClN6OS2. The molecule has 0 bridgehead atoms. The number of aromatic nitrogens is 5. The zero-order chi connectivity index (χ0) is 20.2. The Morgan fingerprint density at radius 3 is 2.93 bits per heavy atom. The van der Waals surface area contributed by atoms with Crippen LogP contribution in [-0.4, -0.2) is 36.9 Å². The van der Waals surface area contributed by atoms with E-state index in [1.807, 2.05) is 35.9 Å². The molecule has 0 atom stereocenters. The summed E-state index contributed by atoms with van der Waals surface area (Å²) in [7, 11) is 0. The first-order chi connectivity index (χ1) is 14.1. The van der Waals surface area contributed by atoms with E-state index in [9.17, 15) is 4.79 Å². The number of nitrogens with one attached hydrogen (secondary N) is 1. The molecule has 2 aromatic heterocycles. The molecule has 0 unspecified atom stereocenters. The van der Waals surface area contributed by atoms with Crippen LogP contribution in [0.4, 0.5) is 5.13 Å². The van der Waals surface area contributed by atoms with Crippen LogP contribution in [0.2, 0.25) is 5.02 Å². The number of carbonyl (C=O) groups is 1. The molecule has 1 fully saturated rings. The standard InChI is InChI=1S/C19H21ClN6OS2/c1-12-16(10-13-6-2-5-9-15(13)20)29-18(21-12)22-17(27)11-28-19-23-24-25-26(19)14-7-3-4-8-14/h2,5-6,9,14H,3-4,7-8,10-11H2,1H3,(H,21,22,27). The van der Waals surface area contributed by atoms with E-state index in [-0.39, 0.29) is 11.7 Å². The molecule has 10 heteroatoms. The van der Waals surface area contributed by atoms with Gasteiger partial charge in [0, 0.05) is 16.3 Å². The topological polar surface area (TPSA) is 85.6 Å². The highest BCUT2D eigenvalue weighted by atomic mass is 35.5. The van der Waals surface area contributed by atoms with Crippen molar-refractivity contribution in [2.75, 3.05) is 11.1 Å². The summed E-state index contributed by atoms with van der Waals surface area (Å²) in [6.45, 7) is 1.95. The SMILES string of the molecule is Cc1nc(NC(=O)CSc2nnnn2C2CCCC2)sc1Cc1ccccc1Cl. The van der Waals surface area contributed by atoms with Crippen molar-refractivity contribution >= 4 is 45.7 Å². The van der Waals surface area contributed by atoms with E-state index < -0.39 is 0 Å². The molecule has 1 N–H and O–H groups in total. The molecule has 4 rings (SSSR count). The van der Waals surface area contributed by atoms with E-state index in [0.29, 0.717) is 22.8 Å². The molecule has 152 valence electrons. The van der Waals surface area contributed by atoms with Gasteiger partial charge in [0.15, 0.2) is 5.13 Å². The van der Waals surface area contributed by atoms with Crippen LogP contribution in [0.1, 0.15) is 47.9 Å². The number of rotatable bonds is 7. The second kappa shape index (κ2) is 9.23. The number of aryl methyl sites for hydroxylation is 1. The number of hydrogen-bond donors (Lipinski definition) is 1. The number of carbonyl (C=O) groups excluding carboxylic acids is 1. The van der Waals surface area contributed by atoms with Crippen molar-refractivity contribution in [1.29, 1.82) is 0 Å². The fourth-order valence-corrected chi connectivity index (χ4v) is 5.35. The monoisotopic (exact) mass is 448 g/mol. The Balaban J connectivity index is 1.35. The fourth-order valence-electron chi connectivity index (χ4n) is 3.40. The lowest BCUT2D eigenvalue weighted by Crippen LogP contribution is -2.15. The number of benzene rings is 1. The van der Waals surface area contributed by atoms with Gasteiger partial charge in [0.05, 0.1) is 17.5 Å². The molecule has 1 saturated carbocycles. The Kier molecular flexibility index (Phi) is 6.46. The lowest BCUT2D eigenvalue weighted by atomic mass is 10.1. The van der Waals surface area contributed by atoms with Gasteiger partial charge in [-0.2, -0.15) is 0 Å². The van der Waals surface area contributed by atoms with Crippen molar-refractivity contribution in [3.05, 3.63) is 45.4 Å². The number of nitrogens with zero attached hydrogens (tertiary/aromatic N) is 5. The quantitative estimate of drug-likeness (QED) is 0.534. The van der Waals surface area contributed by atoms with Gasteiger partial charge >= 0.3 is 0 Å². The van der Waals surface area contributed by atoms with E-state index in [1.54, 1.807) is 0 Å². The molecule has 3 aromatic rings. The van der Waals surface area contributed by atoms with Crippen LogP contribution in [0.15, 0.2) is 29.4 Å². The molecule has 1 aliphatic carbocycles. The highest BCUT2D eigenvalue weighted by molar-refractivity contribution is 7.99. The molecule has 0 radical (unpaired) electrons. The number of halogens is 1. The maximum absolute atomic E-state index is 12.4. The molecule has 2 heterocycles. The van der Waals surface area contributed by atoms with Crippen molar-refractivity contribution in [3.8, 4) is 0 Å². The minimum atomic E-state index is -0.117. The van der Waals surface area contributed by atoms with Crippen molar-refractivity contribution in [1.82, 2.24) is 25.2 Å². The van der Waals surface area contributed by atoms with Crippen LogP contribution in [0.5, 0.6) is 0 Å². The number of anilines is 1. The van der Waals surface area contributed by atoms with Crippen LogP contribution >= 0.6 is 34.7 Å². The zero-order valence-corrected chi connectivity index (χ0v) is 18.4. The van der Waals surface area contributed by atoms with Gasteiger partial charge in [0.25, 0.3) is 0 Å². The third-order valence-electron chi connectivity index (χ3n) is 4.91. The number of thioether (sulfide) groups is 1. The van der Waals surface area contributed by atoms with Gasteiger partial charge in [-0.1, -0.05) is 54.4 Å². The normalized spacial score (nSPS) is 14.4. The lowest BCUT2D eigenvalue weighted by molar-refractivity contribution is -0.113. The van der Waals surface area contributed by atoms with Crippen LogP contribution in [-0.2, 0) is 11.2 Å². The molecule has 0 aliphatic heterocycles. The molecule has 7 nitrogen and oxygen atoms in total. The number of hydrogen-bond acceptors (Lipinski definition) is 7.